The van der Waals surface area contributed by atoms with E-state index < -0.39 is 23.7 Å². The Labute approximate surface area is 97.6 Å². The fraction of sp³-hybridized carbons (Fsp3) is 0.273. The second-order valence-corrected chi connectivity index (χ2v) is 3.58. The first kappa shape index (κ1) is 13.1. The van der Waals surface area contributed by atoms with Crippen molar-refractivity contribution in [2.45, 2.75) is 12.5 Å². The van der Waals surface area contributed by atoms with Crippen molar-refractivity contribution in [3.05, 3.63) is 30.1 Å². The van der Waals surface area contributed by atoms with Gasteiger partial charge in [0.05, 0.1) is 6.42 Å². The van der Waals surface area contributed by atoms with E-state index in [1.165, 1.54) is 30.1 Å². The smallest absolute Gasteiger partial charge is 0.321 e. The molecule has 1 unspecified atom stereocenters. The molecular formula is C11H13FN2O3. The van der Waals surface area contributed by atoms with E-state index in [9.17, 15) is 14.0 Å². The molecule has 0 saturated heterocycles. The molecule has 1 aromatic rings. The Morgan fingerprint density at radius 1 is 1.53 bits per heavy atom. The van der Waals surface area contributed by atoms with Crippen molar-refractivity contribution in [2.75, 3.05) is 11.9 Å². The second kappa shape index (κ2) is 5.40. The zero-order valence-corrected chi connectivity index (χ0v) is 9.26. The van der Waals surface area contributed by atoms with E-state index in [1.807, 2.05) is 0 Å². The van der Waals surface area contributed by atoms with E-state index in [0.717, 1.165) is 0 Å². The highest BCUT2D eigenvalue weighted by Gasteiger charge is 2.19. The molecule has 5 nitrogen and oxygen atoms in total. The van der Waals surface area contributed by atoms with Gasteiger partial charge in [0.25, 0.3) is 0 Å². The van der Waals surface area contributed by atoms with E-state index in [2.05, 4.69) is 0 Å². The highest BCUT2D eigenvalue weighted by atomic mass is 19.1. The maximum Gasteiger partial charge on any atom is 0.321 e. The Kier molecular flexibility index (Phi) is 4.17. The van der Waals surface area contributed by atoms with Crippen LogP contribution in [0, 0.1) is 5.82 Å². The first-order valence-electron chi connectivity index (χ1n) is 4.92. The van der Waals surface area contributed by atoms with Crippen LogP contribution in [-0.4, -0.2) is 30.1 Å². The number of carbonyl (C=O) groups excluding carboxylic acids is 1. The Hall–Kier alpha value is -1.95. The third-order valence-corrected chi connectivity index (χ3v) is 2.28. The lowest BCUT2D eigenvalue weighted by Gasteiger charge is -2.18. The predicted octanol–water partition coefficient (Wildman–Crippen LogP) is 0.591. The minimum atomic E-state index is -1.25. The van der Waals surface area contributed by atoms with Gasteiger partial charge >= 0.3 is 5.97 Å². The van der Waals surface area contributed by atoms with Gasteiger partial charge in [-0.15, -0.1) is 0 Å². The minimum Gasteiger partial charge on any atom is -0.480 e. The lowest BCUT2D eigenvalue weighted by Crippen LogP contribution is -2.37. The second-order valence-electron chi connectivity index (χ2n) is 3.58. The molecule has 0 saturated carbocycles. The third-order valence-electron chi connectivity index (χ3n) is 2.28. The Morgan fingerprint density at radius 3 is 2.71 bits per heavy atom. The molecule has 17 heavy (non-hydrogen) atoms. The Balaban J connectivity index is 2.73. The number of amides is 1. The van der Waals surface area contributed by atoms with Crippen molar-refractivity contribution in [3.63, 3.8) is 0 Å². The molecule has 0 aliphatic heterocycles. The molecule has 1 amide bonds. The van der Waals surface area contributed by atoms with Crippen molar-refractivity contribution in [3.8, 4) is 0 Å². The van der Waals surface area contributed by atoms with Crippen molar-refractivity contribution in [1.29, 1.82) is 0 Å². The number of hydrogen-bond donors (Lipinski definition) is 2. The molecule has 6 heteroatoms. The van der Waals surface area contributed by atoms with E-state index in [0.29, 0.717) is 5.69 Å². The SMILES string of the molecule is CN(C(=O)CC(N)C(=O)O)c1cccc(F)c1. The zero-order chi connectivity index (χ0) is 13.0. The summed E-state index contributed by atoms with van der Waals surface area (Å²) >= 11 is 0. The van der Waals surface area contributed by atoms with Crippen LogP contribution in [0.15, 0.2) is 24.3 Å². The molecule has 0 fully saturated rings. The van der Waals surface area contributed by atoms with Gasteiger partial charge < -0.3 is 15.7 Å². The fourth-order valence-electron chi connectivity index (χ4n) is 1.24. The summed E-state index contributed by atoms with van der Waals surface area (Å²) in [5, 5.41) is 8.57. The van der Waals surface area contributed by atoms with Gasteiger partial charge in [-0.3, -0.25) is 9.59 Å². The number of nitrogens with zero attached hydrogens (tertiary/aromatic N) is 1. The van der Waals surface area contributed by atoms with Crippen LogP contribution in [0.3, 0.4) is 0 Å². The summed E-state index contributed by atoms with van der Waals surface area (Å²) in [5.41, 5.74) is 5.60. The van der Waals surface area contributed by atoms with Gasteiger partial charge in [0, 0.05) is 12.7 Å². The van der Waals surface area contributed by atoms with Crippen LogP contribution in [0.2, 0.25) is 0 Å². The summed E-state index contributed by atoms with van der Waals surface area (Å²) in [5.74, 6) is -2.19. The largest absolute Gasteiger partial charge is 0.480 e. The molecule has 1 atom stereocenters. The van der Waals surface area contributed by atoms with Crippen molar-refractivity contribution >= 4 is 17.6 Å². The number of anilines is 1. The summed E-state index contributed by atoms with van der Waals surface area (Å²) < 4.78 is 12.9. The quantitative estimate of drug-likeness (QED) is 0.806. The summed E-state index contributed by atoms with van der Waals surface area (Å²) in [6, 6.07) is 4.20. The minimum absolute atomic E-state index is 0.331. The average molecular weight is 240 g/mol. The van der Waals surface area contributed by atoms with Gasteiger partial charge in [-0.05, 0) is 18.2 Å². The zero-order valence-electron chi connectivity index (χ0n) is 9.26. The summed E-state index contributed by atoms with van der Waals surface area (Å²) in [4.78, 5) is 23.3. The molecule has 3 N–H and O–H groups in total. The molecule has 1 rings (SSSR count). The van der Waals surface area contributed by atoms with Crippen LogP contribution in [0.5, 0.6) is 0 Å². The summed E-state index contributed by atoms with van der Waals surface area (Å²) in [7, 11) is 1.44. The molecule has 0 spiro atoms. The maximum absolute atomic E-state index is 12.9. The van der Waals surface area contributed by atoms with E-state index in [4.69, 9.17) is 10.8 Å². The van der Waals surface area contributed by atoms with Gasteiger partial charge in [0.2, 0.25) is 5.91 Å². The van der Waals surface area contributed by atoms with Crippen molar-refractivity contribution in [1.82, 2.24) is 0 Å². The topological polar surface area (TPSA) is 83.6 Å². The lowest BCUT2D eigenvalue weighted by molar-refractivity contribution is -0.140. The number of carboxylic acid groups (broad SMARTS) is 1. The van der Waals surface area contributed by atoms with Crippen LogP contribution in [0.25, 0.3) is 0 Å². The van der Waals surface area contributed by atoms with Crippen LogP contribution < -0.4 is 10.6 Å². The van der Waals surface area contributed by atoms with E-state index >= 15 is 0 Å². The average Bonchev–Trinajstić information content (AvgIpc) is 2.27. The van der Waals surface area contributed by atoms with Crippen molar-refractivity contribution < 1.29 is 19.1 Å². The molecule has 1 aromatic carbocycles. The monoisotopic (exact) mass is 240 g/mol. The van der Waals surface area contributed by atoms with Gasteiger partial charge in [0.1, 0.15) is 11.9 Å². The van der Waals surface area contributed by atoms with Gasteiger partial charge in [-0.1, -0.05) is 6.07 Å². The first-order chi connectivity index (χ1) is 7.91. The van der Waals surface area contributed by atoms with E-state index in [1.54, 1.807) is 6.07 Å². The summed E-state index contributed by atoms with van der Waals surface area (Å²) in [6.07, 6.45) is -0.331. The molecular weight excluding hydrogens is 227 g/mol. The number of carbonyl (C=O) groups is 2. The highest BCUT2D eigenvalue weighted by molar-refractivity contribution is 5.95. The van der Waals surface area contributed by atoms with Crippen molar-refractivity contribution in [2.24, 2.45) is 5.73 Å². The molecule has 92 valence electrons. The van der Waals surface area contributed by atoms with Crippen LogP contribution in [0.4, 0.5) is 10.1 Å². The van der Waals surface area contributed by atoms with Gasteiger partial charge in [-0.2, -0.15) is 0 Å². The maximum atomic E-state index is 12.9. The van der Waals surface area contributed by atoms with Crippen LogP contribution in [0.1, 0.15) is 6.42 Å². The number of hydrogen-bond acceptors (Lipinski definition) is 3. The number of benzene rings is 1. The summed E-state index contributed by atoms with van der Waals surface area (Å²) in [6.45, 7) is 0. The van der Waals surface area contributed by atoms with Gasteiger partial charge in [-0.25, -0.2) is 4.39 Å². The Bertz CT molecular complexity index is 436. The van der Waals surface area contributed by atoms with Gasteiger partial charge in [0.15, 0.2) is 0 Å². The molecule has 0 aromatic heterocycles. The molecule has 0 heterocycles. The molecule has 0 radical (unpaired) electrons. The number of nitrogens with two attached hydrogens (primary N) is 1. The van der Waals surface area contributed by atoms with Crippen LogP contribution >= 0.6 is 0 Å². The fourth-order valence-corrected chi connectivity index (χ4v) is 1.24. The molecule has 0 bridgehead atoms. The Morgan fingerprint density at radius 2 is 2.18 bits per heavy atom. The normalized spacial score (nSPS) is 11.9. The number of rotatable bonds is 4. The third kappa shape index (κ3) is 3.53. The lowest BCUT2D eigenvalue weighted by atomic mass is 10.2. The molecule has 0 aliphatic rings. The molecule has 0 aliphatic carbocycles. The standard InChI is InChI=1S/C11H13FN2O3/c1-14(8-4-2-3-7(12)5-8)10(15)6-9(13)11(16)17/h2-5,9H,6,13H2,1H3,(H,16,17). The van der Waals surface area contributed by atoms with E-state index in [-0.39, 0.29) is 6.42 Å². The van der Waals surface area contributed by atoms with Crippen LogP contribution in [-0.2, 0) is 9.59 Å². The number of aliphatic carboxylic acids is 1. The number of carboxylic acids is 1. The number of halogens is 1. The first-order valence-corrected chi connectivity index (χ1v) is 4.92. The predicted molar refractivity (Wildman–Crippen MR) is 60.0 cm³/mol. The highest BCUT2D eigenvalue weighted by Crippen LogP contribution is 2.14.